The van der Waals surface area contributed by atoms with Crippen LogP contribution in [0.15, 0.2) is 38.0 Å². The van der Waals surface area contributed by atoms with Crippen molar-refractivity contribution >= 4 is 38.1 Å². The minimum Gasteiger partial charge on any atom is -0.492 e. The molecule has 3 rings (SSSR count). The molecule has 30 heavy (non-hydrogen) atoms. The summed E-state index contributed by atoms with van der Waals surface area (Å²) in [6, 6.07) is 4.15. The minimum absolute atomic E-state index is 0.347. The number of nitrogens with one attached hydrogen (secondary N) is 2. The molecule has 2 aliphatic rings. The molecule has 0 bridgehead atoms. The van der Waals surface area contributed by atoms with Crippen molar-refractivity contribution in [3.8, 4) is 5.75 Å². The Balaban J connectivity index is 1.49. The Morgan fingerprint density at radius 2 is 2.00 bits per heavy atom. The second kappa shape index (κ2) is 10.5. The van der Waals surface area contributed by atoms with Crippen molar-refractivity contribution in [2.75, 3.05) is 27.2 Å². The van der Waals surface area contributed by atoms with Gasteiger partial charge in [-0.25, -0.2) is 0 Å². The van der Waals surface area contributed by atoms with Crippen LogP contribution in [0.2, 0.25) is 0 Å². The van der Waals surface area contributed by atoms with Crippen molar-refractivity contribution < 1.29 is 4.74 Å². The first-order valence-electron chi connectivity index (χ1n) is 10.6. The van der Waals surface area contributed by atoms with Gasteiger partial charge in [0.1, 0.15) is 11.6 Å². The molecule has 0 saturated heterocycles. The first-order chi connectivity index (χ1) is 14.3. The molecule has 4 N–H and O–H groups in total. The van der Waals surface area contributed by atoms with Crippen LogP contribution in [0.3, 0.4) is 0 Å². The molecule has 0 radical (unpaired) electrons. The van der Waals surface area contributed by atoms with E-state index in [4.69, 9.17) is 10.5 Å². The SMILES string of the molecule is CCOc1c(Br)cc(Br)cc1CNCC1CCC(C2(N)N=CC=C(N(C)C)N2)CC1. The lowest BCUT2D eigenvalue weighted by atomic mass is 9.78. The van der Waals surface area contributed by atoms with Gasteiger partial charge in [0, 0.05) is 42.8 Å². The minimum atomic E-state index is -0.693. The number of hydrogen-bond donors (Lipinski definition) is 3. The lowest BCUT2D eigenvalue weighted by Crippen LogP contribution is -2.60. The number of benzene rings is 1. The summed E-state index contributed by atoms with van der Waals surface area (Å²) in [6.45, 7) is 4.45. The van der Waals surface area contributed by atoms with E-state index < -0.39 is 5.79 Å². The Labute approximate surface area is 197 Å². The molecule has 1 fully saturated rings. The van der Waals surface area contributed by atoms with Crippen molar-refractivity contribution in [1.82, 2.24) is 15.5 Å². The summed E-state index contributed by atoms with van der Waals surface area (Å²) in [5.74, 6) is 2.25. The fraction of sp³-hybridized carbons (Fsp3) is 0.591. The summed E-state index contributed by atoms with van der Waals surface area (Å²) < 4.78 is 7.87. The highest BCUT2D eigenvalue weighted by molar-refractivity contribution is 9.11. The molecule has 0 aromatic heterocycles. The highest BCUT2D eigenvalue weighted by atomic mass is 79.9. The smallest absolute Gasteiger partial charge is 0.186 e. The van der Waals surface area contributed by atoms with Crippen molar-refractivity contribution in [3.05, 3.63) is 38.5 Å². The second-order valence-electron chi connectivity index (χ2n) is 8.33. The van der Waals surface area contributed by atoms with Crippen LogP contribution in [0.4, 0.5) is 0 Å². The van der Waals surface area contributed by atoms with Crippen LogP contribution in [-0.2, 0) is 6.54 Å². The van der Waals surface area contributed by atoms with Crippen molar-refractivity contribution in [1.29, 1.82) is 0 Å². The van der Waals surface area contributed by atoms with Crippen LogP contribution in [0.25, 0.3) is 0 Å². The number of halogens is 2. The predicted molar refractivity (Wildman–Crippen MR) is 130 cm³/mol. The molecule has 1 heterocycles. The molecule has 1 unspecified atom stereocenters. The third-order valence-corrected chi connectivity index (χ3v) is 6.97. The summed E-state index contributed by atoms with van der Waals surface area (Å²) in [4.78, 5) is 6.63. The third kappa shape index (κ3) is 5.78. The normalized spacial score (nSPS) is 26.1. The number of allylic oxidation sites excluding steroid dienone is 1. The van der Waals surface area contributed by atoms with Crippen molar-refractivity contribution in [2.24, 2.45) is 22.6 Å². The Hall–Kier alpha value is -1.09. The molecule has 1 aromatic rings. The molecule has 0 amide bonds. The maximum atomic E-state index is 6.64. The standard InChI is InChI=1S/C22H33Br2N5O/c1-4-30-21-16(11-18(23)12-19(21)24)14-26-13-15-5-7-17(8-6-15)22(25)27-10-9-20(28-22)29(2)3/h9-12,15,17,26,28H,4-8,13-14,25H2,1-3H3. The molecule has 6 nitrogen and oxygen atoms in total. The number of ether oxygens (including phenoxy) is 1. The van der Waals surface area contributed by atoms with Crippen LogP contribution in [0, 0.1) is 11.8 Å². The van der Waals surface area contributed by atoms with E-state index in [-0.39, 0.29) is 0 Å². The van der Waals surface area contributed by atoms with Gasteiger partial charge in [-0.05, 0) is 79.2 Å². The lowest BCUT2D eigenvalue weighted by molar-refractivity contribution is 0.146. The van der Waals surface area contributed by atoms with Gasteiger partial charge in [-0.2, -0.15) is 0 Å². The summed E-state index contributed by atoms with van der Waals surface area (Å²) in [5.41, 5.74) is 7.81. The zero-order chi connectivity index (χ0) is 21.7. The molecule has 1 atom stereocenters. The summed E-state index contributed by atoms with van der Waals surface area (Å²) in [7, 11) is 4.03. The molecule has 1 aliphatic carbocycles. The first-order valence-corrected chi connectivity index (χ1v) is 12.2. The second-order valence-corrected chi connectivity index (χ2v) is 10.1. The fourth-order valence-corrected chi connectivity index (χ4v) is 5.68. The Morgan fingerprint density at radius 3 is 2.67 bits per heavy atom. The molecule has 0 spiro atoms. The van der Waals surface area contributed by atoms with Gasteiger partial charge in [-0.15, -0.1) is 0 Å². The van der Waals surface area contributed by atoms with Gasteiger partial charge in [-0.3, -0.25) is 10.7 Å². The van der Waals surface area contributed by atoms with Crippen molar-refractivity contribution in [3.63, 3.8) is 0 Å². The van der Waals surface area contributed by atoms with Crippen LogP contribution in [-0.4, -0.2) is 44.1 Å². The van der Waals surface area contributed by atoms with Crippen LogP contribution in [0.1, 0.15) is 38.2 Å². The Bertz CT molecular complexity index is 790. The van der Waals surface area contributed by atoms with E-state index in [9.17, 15) is 0 Å². The first kappa shape index (κ1) is 23.6. The third-order valence-electron chi connectivity index (χ3n) is 5.92. The lowest BCUT2D eigenvalue weighted by Gasteiger charge is -2.42. The zero-order valence-corrected chi connectivity index (χ0v) is 21.2. The van der Waals surface area contributed by atoms with E-state index in [0.717, 1.165) is 64.9 Å². The van der Waals surface area contributed by atoms with Gasteiger partial charge in [-0.1, -0.05) is 15.9 Å². The maximum Gasteiger partial charge on any atom is 0.186 e. The predicted octanol–water partition coefficient (Wildman–Crippen LogP) is 4.20. The highest BCUT2D eigenvalue weighted by Crippen LogP contribution is 2.36. The average molecular weight is 543 g/mol. The summed E-state index contributed by atoms with van der Waals surface area (Å²) in [5, 5.41) is 7.07. The van der Waals surface area contributed by atoms with E-state index in [1.807, 2.05) is 44.3 Å². The van der Waals surface area contributed by atoms with E-state index in [1.54, 1.807) is 0 Å². The Morgan fingerprint density at radius 1 is 1.27 bits per heavy atom. The highest BCUT2D eigenvalue weighted by Gasteiger charge is 2.38. The van der Waals surface area contributed by atoms with Gasteiger partial charge in [0.15, 0.2) is 5.79 Å². The van der Waals surface area contributed by atoms with Crippen LogP contribution >= 0.6 is 31.9 Å². The largest absolute Gasteiger partial charge is 0.492 e. The van der Waals surface area contributed by atoms with Gasteiger partial charge in [0.25, 0.3) is 0 Å². The van der Waals surface area contributed by atoms with Gasteiger partial charge in [0.05, 0.1) is 11.1 Å². The maximum absolute atomic E-state index is 6.64. The summed E-state index contributed by atoms with van der Waals surface area (Å²) in [6.07, 6.45) is 8.30. The fourth-order valence-electron chi connectivity index (χ4n) is 4.25. The molecular weight excluding hydrogens is 510 g/mol. The molecular formula is C22H33Br2N5O. The molecule has 166 valence electrons. The van der Waals surface area contributed by atoms with Crippen molar-refractivity contribution in [2.45, 2.75) is 44.9 Å². The van der Waals surface area contributed by atoms with Gasteiger partial charge in [0.2, 0.25) is 0 Å². The number of nitrogens with two attached hydrogens (primary N) is 1. The number of hydrogen-bond acceptors (Lipinski definition) is 6. The molecule has 1 aliphatic heterocycles. The number of rotatable bonds is 8. The molecule has 1 saturated carbocycles. The molecule has 8 heteroatoms. The van der Waals surface area contributed by atoms with Gasteiger partial charge >= 0.3 is 0 Å². The quantitative estimate of drug-likeness (QED) is 0.459. The van der Waals surface area contributed by atoms with E-state index in [1.165, 1.54) is 0 Å². The van der Waals surface area contributed by atoms with E-state index in [2.05, 4.69) is 53.6 Å². The Kier molecular flexibility index (Phi) is 8.24. The topological polar surface area (TPSA) is 74.9 Å². The number of nitrogens with zero attached hydrogens (tertiary/aromatic N) is 2. The van der Waals surface area contributed by atoms with Crippen LogP contribution < -0.4 is 21.1 Å². The molecule has 1 aromatic carbocycles. The monoisotopic (exact) mass is 541 g/mol. The summed E-state index contributed by atoms with van der Waals surface area (Å²) >= 11 is 7.19. The van der Waals surface area contributed by atoms with Crippen LogP contribution in [0.5, 0.6) is 5.75 Å². The van der Waals surface area contributed by atoms with Gasteiger partial charge < -0.3 is 20.3 Å². The zero-order valence-electron chi connectivity index (χ0n) is 18.0. The van der Waals surface area contributed by atoms with E-state index >= 15 is 0 Å². The average Bonchev–Trinajstić information content (AvgIpc) is 2.71. The van der Waals surface area contributed by atoms with E-state index in [0.29, 0.717) is 18.4 Å². The number of aliphatic imine (C=N–C) groups is 1.